The fourth-order valence-electron chi connectivity index (χ4n) is 1.19. The monoisotopic (exact) mass is 248 g/mol. The minimum Gasteiger partial charge on any atom is -0.464 e. The molecule has 0 unspecified atom stereocenters. The van der Waals surface area contributed by atoms with E-state index in [2.05, 4.69) is 15.0 Å². The molecule has 1 aromatic carbocycles. The van der Waals surface area contributed by atoms with Crippen molar-refractivity contribution in [1.29, 1.82) is 0 Å². The van der Waals surface area contributed by atoms with Gasteiger partial charge in [0.1, 0.15) is 0 Å². The molecule has 6 heteroatoms. The molecule has 5 nitrogen and oxygen atoms in total. The van der Waals surface area contributed by atoms with Crippen molar-refractivity contribution in [2.45, 2.75) is 17.0 Å². The van der Waals surface area contributed by atoms with Gasteiger partial charge in [0.25, 0.3) is 0 Å². The summed E-state index contributed by atoms with van der Waals surface area (Å²) in [5.41, 5.74) is 5.59. The summed E-state index contributed by atoms with van der Waals surface area (Å²) >= 11 is 1.42. The predicted molar refractivity (Wildman–Crippen MR) is 66.0 cm³/mol. The predicted octanol–water partition coefficient (Wildman–Crippen LogP) is 2.00. The number of nitrogen functional groups attached to an aromatic ring is 1. The Morgan fingerprint density at radius 1 is 1.18 bits per heavy atom. The number of benzene rings is 1. The molecule has 0 radical (unpaired) electrons. The fourth-order valence-corrected chi connectivity index (χ4v) is 1.95. The number of nitrogens with zero attached hydrogens (tertiary/aromatic N) is 3. The highest BCUT2D eigenvalue weighted by Gasteiger charge is 2.06. The van der Waals surface area contributed by atoms with Crippen molar-refractivity contribution in [2.75, 3.05) is 12.3 Å². The first kappa shape index (κ1) is 11.7. The van der Waals surface area contributed by atoms with E-state index in [1.54, 1.807) is 0 Å². The van der Waals surface area contributed by atoms with Crippen LogP contribution in [0, 0.1) is 0 Å². The van der Waals surface area contributed by atoms with E-state index in [0.29, 0.717) is 11.8 Å². The van der Waals surface area contributed by atoms with Crippen LogP contribution in [-0.2, 0) is 0 Å². The van der Waals surface area contributed by atoms with Gasteiger partial charge in [0.05, 0.1) is 6.61 Å². The van der Waals surface area contributed by atoms with E-state index in [1.807, 2.05) is 37.3 Å². The Morgan fingerprint density at radius 2 is 1.94 bits per heavy atom. The smallest absolute Gasteiger partial charge is 0.322 e. The third-order valence-electron chi connectivity index (χ3n) is 1.84. The van der Waals surface area contributed by atoms with Crippen LogP contribution in [0.2, 0.25) is 0 Å². The Hall–Kier alpha value is -1.82. The first-order valence-electron chi connectivity index (χ1n) is 5.15. The molecule has 0 saturated heterocycles. The van der Waals surface area contributed by atoms with Gasteiger partial charge in [-0.2, -0.15) is 15.0 Å². The molecule has 88 valence electrons. The van der Waals surface area contributed by atoms with Crippen molar-refractivity contribution in [3.8, 4) is 6.01 Å². The van der Waals surface area contributed by atoms with Crippen LogP contribution in [-0.4, -0.2) is 21.6 Å². The lowest BCUT2D eigenvalue weighted by atomic mass is 10.4. The highest BCUT2D eigenvalue weighted by molar-refractivity contribution is 7.99. The lowest BCUT2D eigenvalue weighted by molar-refractivity contribution is 0.308. The van der Waals surface area contributed by atoms with Crippen molar-refractivity contribution in [3.05, 3.63) is 30.3 Å². The van der Waals surface area contributed by atoms with Crippen LogP contribution in [0.15, 0.2) is 40.4 Å². The highest BCUT2D eigenvalue weighted by Crippen LogP contribution is 2.25. The standard InChI is InChI=1S/C11H12N4OS/c1-2-16-10-13-9(12)14-11(15-10)17-8-6-4-3-5-7-8/h3-7H,2H2,1H3,(H2,12,13,14,15). The number of hydrogen-bond donors (Lipinski definition) is 1. The average Bonchev–Trinajstić information content (AvgIpc) is 2.30. The average molecular weight is 248 g/mol. The normalized spacial score (nSPS) is 10.2. The van der Waals surface area contributed by atoms with Gasteiger partial charge < -0.3 is 10.5 Å². The van der Waals surface area contributed by atoms with Gasteiger partial charge in [-0.15, -0.1) is 0 Å². The maximum Gasteiger partial charge on any atom is 0.322 e. The van der Waals surface area contributed by atoms with Crippen molar-refractivity contribution in [1.82, 2.24) is 15.0 Å². The summed E-state index contributed by atoms with van der Waals surface area (Å²) in [4.78, 5) is 13.1. The minimum atomic E-state index is 0.168. The molecule has 0 saturated carbocycles. The molecule has 2 rings (SSSR count). The highest BCUT2D eigenvalue weighted by atomic mass is 32.2. The molecule has 2 aromatic rings. The Morgan fingerprint density at radius 3 is 2.65 bits per heavy atom. The van der Waals surface area contributed by atoms with E-state index in [9.17, 15) is 0 Å². The number of ether oxygens (including phenoxy) is 1. The number of hydrogen-bond acceptors (Lipinski definition) is 6. The molecule has 2 N–H and O–H groups in total. The third kappa shape index (κ3) is 3.32. The third-order valence-corrected chi connectivity index (χ3v) is 2.71. The lowest BCUT2D eigenvalue weighted by Gasteiger charge is -2.04. The first-order valence-corrected chi connectivity index (χ1v) is 5.97. The van der Waals surface area contributed by atoms with Gasteiger partial charge >= 0.3 is 6.01 Å². The molecule has 0 aliphatic rings. The zero-order valence-corrected chi connectivity index (χ0v) is 10.1. The summed E-state index contributed by atoms with van der Waals surface area (Å²) in [5, 5.41) is 0.534. The van der Waals surface area contributed by atoms with Crippen LogP contribution in [0.25, 0.3) is 0 Å². The number of rotatable bonds is 4. The van der Waals surface area contributed by atoms with Crippen LogP contribution >= 0.6 is 11.8 Å². The van der Waals surface area contributed by atoms with Crippen molar-refractivity contribution in [3.63, 3.8) is 0 Å². The van der Waals surface area contributed by atoms with E-state index >= 15 is 0 Å². The van der Waals surface area contributed by atoms with Gasteiger partial charge in [0, 0.05) is 4.90 Å². The van der Waals surface area contributed by atoms with Crippen LogP contribution in [0.5, 0.6) is 6.01 Å². The lowest BCUT2D eigenvalue weighted by Crippen LogP contribution is -2.04. The van der Waals surface area contributed by atoms with Gasteiger partial charge in [0.2, 0.25) is 11.1 Å². The van der Waals surface area contributed by atoms with E-state index < -0.39 is 0 Å². The van der Waals surface area contributed by atoms with E-state index in [-0.39, 0.29) is 12.0 Å². The second-order valence-electron chi connectivity index (χ2n) is 3.11. The molecule has 0 spiro atoms. The molecule has 0 fully saturated rings. The van der Waals surface area contributed by atoms with Crippen LogP contribution in [0.1, 0.15) is 6.92 Å². The zero-order chi connectivity index (χ0) is 12.1. The molecule has 0 bridgehead atoms. The molecule has 0 amide bonds. The molecular weight excluding hydrogens is 236 g/mol. The van der Waals surface area contributed by atoms with Crippen molar-refractivity contribution < 1.29 is 4.74 Å². The maximum atomic E-state index is 5.59. The molecule has 1 aromatic heterocycles. The first-order chi connectivity index (χ1) is 8.28. The second kappa shape index (κ2) is 5.49. The molecular formula is C11H12N4OS. The Kier molecular flexibility index (Phi) is 3.77. The van der Waals surface area contributed by atoms with E-state index in [1.165, 1.54) is 11.8 Å². The summed E-state index contributed by atoms with van der Waals surface area (Å²) in [7, 11) is 0. The van der Waals surface area contributed by atoms with Gasteiger partial charge in [-0.05, 0) is 30.8 Å². The summed E-state index contributed by atoms with van der Waals surface area (Å²) < 4.78 is 5.21. The maximum absolute atomic E-state index is 5.59. The summed E-state index contributed by atoms with van der Waals surface area (Å²) in [6.45, 7) is 2.36. The van der Waals surface area contributed by atoms with Crippen LogP contribution in [0.4, 0.5) is 5.95 Å². The van der Waals surface area contributed by atoms with E-state index in [0.717, 1.165) is 4.90 Å². The largest absolute Gasteiger partial charge is 0.464 e. The van der Waals surface area contributed by atoms with E-state index in [4.69, 9.17) is 10.5 Å². The number of nitrogens with two attached hydrogens (primary N) is 1. The van der Waals surface area contributed by atoms with Gasteiger partial charge in [0.15, 0.2) is 0 Å². The van der Waals surface area contributed by atoms with Crippen molar-refractivity contribution in [2.24, 2.45) is 0 Å². The molecule has 1 heterocycles. The Labute approximate surface area is 103 Å². The second-order valence-corrected chi connectivity index (χ2v) is 4.15. The molecule has 0 atom stereocenters. The van der Waals surface area contributed by atoms with Gasteiger partial charge in [-0.3, -0.25) is 0 Å². The summed E-state index contributed by atoms with van der Waals surface area (Å²) in [6, 6.07) is 10.1. The summed E-state index contributed by atoms with van der Waals surface area (Å²) in [5.74, 6) is 0.168. The molecule has 0 aliphatic heterocycles. The van der Waals surface area contributed by atoms with Gasteiger partial charge in [-0.25, -0.2) is 0 Å². The Balaban J connectivity index is 2.21. The fraction of sp³-hybridized carbons (Fsp3) is 0.182. The number of aromatic nitrogens is 3. The number of anilines is 1. The Bertz CT molecular complexity index is 492. The zero-order valence-electron chi connectivity index (χ0n) is 9.33. The SMILES string of the molecule is CCOc1nc(N)nc(Sc2ccccc2)n1. The molecule has 0 aliphatic carbocycles. The quantitative estimate of drug-likeness (QED) is 0.892. The van der Waals surface area contributed by atoms with Gasteiger partial charge in [-0.1, -0.05) is 18.2 Å². The summed E-state index contributed by atoms with van der Waals surface area (Å²) in [6.07, 6.45) is 0. The minimum absolute atomic E-state index is 0.168. The molecule has 17 heavy (non-hydrogen) atoms. The topological polar surface area (TPSA) is 73.9 Å². The van der Waals surface area contributed by atoms with Crippen molar-refractivity contribution >= 4 is 17.7 Å². The van der Waals surface area contributed by atoms with Crippen LogP contribution < -0.4 is 10.5 Å². The van der Waals surface area contributed by atoms with Crippen LogP contribution in [0.3, 0.4) is 0 Å².